The predicted octanol–water partition coefficient (Wildman–Crippen LogP) is 2.29. The third kappa shape index (κ3) is 3.67. The standard InChI is InChI=1S/C9H19N/c1-5-7-8-10(4)9(3)6-2/h6,9H,2,5,7-8H2,1,3-4H3. The van der Waals surface area contributed by atoms with E-state index in [-0.39, 0.29) is 0 Å². The number of hydrogen-bond acceptors (Lipinski definition) is 1. The van der Waals surface area contributed by atoms with E-state index in [2.05, 4.69) is 32.4 Å². The van der Waals surface area contributed by atoms with Crippen LogP contribution in [0.2, 0.25) is 0 Å². The molecule has 0 fully saturated rings. The zero-order valence-electron chi connectivity index (χ0n) is 7.43. The van der Waals surface area contributed by atoms with Gasteiger partial charge in [0, 0.05) is 6.04 Å². The molecule has 0 N–H and O–H groups in total. The minimum Gasteiger partial charge on any atom is -0.300 e. The fourth-order valence-electron chi connectivity index (χ4n) is 0.791. The molecule has 0 bridgehead atoms. The molecule has 0 radical (unpaired) electrons. The molecule has 0 aromatic carbocycles. The Labute approximate surface area is 64.7 Å². The van der Waals surface area contributed by atoms with Crippen molar-refractivity contribution in [3.8, 4) is 0 Å². The first-order chi connectivity index (χ1) is 4.72. The summed E-state index contributed by atoms with van der Waals surface area (Å²) in [6, 6.07) is 0.520. The maximum Gasteiger partial charge on any atom is 0.0244 e. The van der Waals surface area contributed by atoms with Crippen LogP contribution in [0.25, 0.3) is 0 Å². The van der Waals surface area contributed by atoms with Crippen LogP contribution in [0.5, 0.6) is 0 Å². The first kappa shape index (κ1) is 9.70. The van der Waals surface area contributed by atoms with Crippen LogP contribution < -0.4 is 0 Å². The Bertz CT molecular complexity index is 88.7. The Kier molecular flexibility index (Phi) is 5.32. The van der Waals surface area contributed by atoms with Gasteiger partial charge in [-0.2, -0.15) is 0 Å². The van der Waals surface area contributed by atoms with Gasteiger partial charge >= 0.3 is 0 Å². The first-order valence-corrected chi connectivity index (χ1v) is 4.05. The summed E-state index contributed by atoms with van der Waals surface area (Å²) in [5, 5.41) is 0. The largest absolute Gasteiger partial charge is 0.300 e. The number of rotatable bonds is 5. The van der Waals surface area contributed by atoms with Gasteiger partial charge in [0.05, 0.1) is 0 Å². The van der Waals surface area contributed by atoms with E-state index >= 15 is 0 Å². The zero-order chi connectivity index (χ0) is 7.98. The van der Waals surface area contributed by atoms with Crippen LogP contribution in [0.4, 0.5) is 0 Å². The van der Waals surface area contributed by atoms with E-state index < -0.39 is 0 Å². The number of nitrogens with zero attached hydrogens (tertiary/aromatic N) is 1. The molecule has 0 aromatic heterocycles. The van der Waals surface area contributed by atoms with Gasteiger partial charge < -0.3 is 4.90 Å². The molecular formula is C9H19N. The summed E-state index contributed by atoms with van der Waals surface area (Å²) in [4.78, 5) is 2.32. The molecule has 10 heavy (non-hydrogen) atoms. The Morgan fingerprint density at radius 2 is 2.20 bits per heavy atom. The van der Waals surface area contributed by atoms with Crippen LogP contribution in [0.1, 0.15) is 26.7 Å². The lowest BCUT2D eigenvalue weighted by Crippen LogP contribution is -2.27. The van der Waals surface area contributed by atoms with Gasteiger partial charge in [-0.25, -0.2) is 0 Å². The lowest BCUT2D eigenvalue weighted by molar-refractivity contribution is 0.292. The summed E-state index contributed by atoms with van der Waals surface area (Å²) in [5.41, 5.74) is 0. The predicted molar refractivity (Wildman–Crippen MR) is 47.2 cm³/mol. The fraction of sp³-hybridized carbons (Fsp3) is 0.778. The Balaban J connectivity index is 3.40. The normalized spacial score (nSPS) is 13.6. The highest BCUT2D eigenvalue weighted by Crippen LogP contribution is 1.98. The SMILES string of the molecule is C=CC(C)N(C)CCCC. The third-order valence-electron chi connectivity index (χ3n) is 1.90. The second-order valence-electron chi connectivity index (χ2n) is 2.81. The van der Waals surface area contributed by atoms with E-state index in [0.717, 1.165) is 0 Å². The van der Waals surface area contributed by atoms with Gasteiger partial charge in [-0.3, -0.25) is 0 Å². The van der Waals surface area contributed by atoms with E-state index in [4.69, 9.17) is 0 Å². The second-order valence-corrected chi connectivity index (χ2v) is 2.81. The molecule has 0 heterocycles. The van der Waals surface area contributed by atoms with E-state index in [1.54, 1.807) is 0 Å². The van der Waals surface area contributed by atoms with E-state index in [9.17, 15) is 0 Å². The molecule has 1 atom stereocenters. The van der Waals surface area contributed by atoms with Crippen molar-refractivity contribution in [3.05, 3.63) is 12.7 Å². The quantitative estimate of drug-likeness (QED) is 0.531. The minimum absolute atomic E-state index is 0.520. The molecule has 0 saturated heterocycles. The van der Waals surface area contributed by atoms with E-state index in [0.29, 0.717) is 6.04 Å². The van der Waals surface area contributed by atoms with Crippen molar-refractivity contribution in [2.45, 2.75) is 32.7 Å². The van der Waals surface area contributed by atoms with Gasteiger partial charge in [0.1, 0.15) is 0 Å². The summed E-state index contributed by atoms with van der Waals surface area (Å²) in [6.45, 7) is 9.32. The van der Waals surface area contributed by atoms with Crippen LogP contribution in [0.3, 0.4) is 0 Å². The highest BCUT2D eigenvalue weighted by atomic mass is 15.1. The highest BCUT2D eigenvalue weighted by molar-refractivity contribution is 4.81. The van der Waals surface area contributed by atoms with Gasteiger partial charge in [-0.1, -0.05) is 19.4 Å². The maximum atomic E-state index is 3.75. The van der Waals surface area contributed by atoms with Crippen molar-refractivity contribution in [2.24, 2.45) is 0 Å². The van der Waals surface area contributed by atoms with Gasteiger partial charge in [0.15, 0.2) is 0 Å². The summed E-state index contributed by atoms with van der Waals surface area (Å²) < 4.78 is 0. The van der Waals surface area contributed by atoms with Gasteiger partial charge in [-0.05, 0) is 26.9 Å². The molecule has 0 aliphatic rings. The minimum atomic E-state index is 0.520. The van der Waals surface area contributed by atoms with Crippen LogP contribution in [0, 0.1) is 0 Å². The lowest BCUT2D eigenvalue weighted by atomic mass is 10.2. The molecule has 1 nitrogen and oxygen atoms in total. The van der Waals surface area contributed by atoms with Gasteiger partial charge in [0.25, 0.3) is 0 Å². The van der Waals surface area contributed by atoms with Gasteiger partial charge in [-0.15, -0.1) is 6.58 Å². The second kappa shape index (κ2) is 5.48. The molecule has 0 spiro atoms. The zero-order valence-corrected chi connectivity index (χ0v) is 7.43. The highest BCUT2D eigenvalue weighted by Gasteiger charge is 2.01. The summed E-state index contributed by atoms with van der Waals surface area (Å²) in [5.74, 6) is 0. The van der Waals surface area contributed by atoms with Crippen molar-refractivity contribution < 1.29 is 0 Å². The van der Waals surface area contributed by atoms with Crippen LogP contribution >= 0.6 is 0 Å². The van der Waals surface area contributed by atoms with E-state index in [1.165, 1.54) is 19.4 Å². The van der Waals surface area contributed by atoms with Crippen LogP contribution in [-0.4, -0.2) is 24.5 Å². The van der Waals surface area contributed by atoms with E-state index in [1.807, 2.05) is 6.08 Å². The molecule has 0 amide bonds. The summed E-state index contributed by atoms with van der Waals surface area (Å²) in [7, 11) is 2.14. The maximum absolute atomic E-state index is 3.75. The monoisotopic (exact) mass is 141 g/mol. The number of unbranched alkanes of at least 4 members (excludes halogenated alkanes) is 1. The van der Waals surface area contributed by atoms with Crippen molar-refractivity contribution in [1.82, 2.24) is 4.90 Å². The van der Waals surface area contributed by atoms with Crippen molar-refractivity contribution >= 4 is 0 Å². The third-order valence-corrected chi connectivity index (χ3v) is 1.90. The molecule has 0 aliphatic heterocycles. The summed E-state index contributed by atoms with van der Waals surface area (Å²) >= 11 is 0. The molecule has 60 valence electrons. The molecule has 0 aliphatic carbocycles. The van der Waals surface area contributed by atoms with Crippen LogP contribution in [0.15, 0.2) is 12.7 Å². The summed E-state index contributed by atoms with van der Waals surface area (Å²) in [6.07, 6.45) is 4.54. The average Bonchev–Trinajstić information content (AvgIpc) is 1.98. The Hall–Kier alpha value is -0.300. The molecular weight excluding hydrogens is 122 g/mol. The average molecular weight is 141 g/mol. The van der Waals surface area contributed by atoms with Gasteiger partial charge in [0.2, 0.25) is 0 Å². The topological polar surface area (TPSA) is 3.24 Å². The smallest absolute Gasteiger partial charge is 0.0244 e. The molecule has 1 unspecified atom stereocenters. The number of hydrogen-bond donors (Lipinski definition) is 0. The molecule has 0 saturated carbocycles. The molecule has 1 heteroatoms. The lowest BCUT2D eigenvalue weighted by Gasteiger charge is -2.20. The molecule has 0 rings (SSSR count). The van der Waals surface area contributed by atoms with Crippen molar-refractivity contribution in [3.63, 3.8) is 0 Å². The Morgan fingerprint density at radius 1 is 1.60 bits per heavy atom. The molecule has 0 aromatic rings. The van der Waals surface area contributed by atoms with Crippen molar-refractivity contribution in [1.29, 1.82) is 0 Å². The number of likely N-dealkylation sites (N-methyl/N-ethyl adjacent to an activating group) is 1. The van der Waals surface area contributed by atoms with Crippen molar-refractivity contribution in [2.75, 3.05) is 13.6 Å². The first-order valence-electron chi connectivity index (χ1n) is 4.05. The van der Waals surface area contributed by atoms with Crippen LogP contribution in [-0.2, 0) is 0 Å². The Morgan fingerprint density at radius 3 is 2.60 bits per heavy atom. The fourth-order valence-corrected chi connectivity index (χ4v) is 0.791.